The van der Waals surface area contributed by atoms with Crippen LogP contribution in [0.1, 0.15) is 39.5 Å². The molecule has 1 amide bonds. The van der Waals surface area contributed by atoms with Crippen molar-refractivity contribution in [1.29, 1.82) is 0 Å². The molecule has 26 heavy (non-hydrogen) atoms. The van der Waals surface area contributed by atoms with Gasteiger partial charge in [-0.2, -0.15) is 0 Å². The summed E-state index contributed by atoms with van der Waals surface area (Å²) in [5, 5.41) is 0. The number of hydrogen-bond donors (Lipinski definition) is 0. The third-order valence-corrected chi connectivity index (χ3v) is 7.88. The van der Waals surface area contributed by atoms with Crippen LogP contribution < -0.4 is 0 Å². The minimum atomic E-state index is -3.36. The number of carbonyl (C=O) groups is 1. The Morgan fingerprint density at radius 3 is 2.50 bits per heavy atom. The van der Waals surface area contributed by atoms with Crippen LogP contribution in [-0.4, -0.2) is 62.6 Å². The minimum Gasteiger partial charge on any atom is -0.349 e. The topological polar surface area (TPSA) is 57.7 Å². The highest BCUT2D eigenvalue weighted by Crippen LogP contribution is 2.30. The molecule has 0 saturated carbocycles. The Hall–Kier alpha value is -1.40. The van der Waals surface area contributed by atoms with Gasteiger partial charge in [-0.15, -0.1) is 0 Å². The van der Waals surface area contributed by atoms with Gasteiger partial charge in [0, 0.05) is 20.6 Å². The summed E-state index contributed by atoms with van der Waals surface area (Å²) in [6, 6.07) is 8.68. The smallest absolute Gasteiger partial charge is 0.226 e. The summed E-state index contributed by atoms with van der Waals surface area (Å²) in [5.41, 5.74) is 0. The Labute approximate surface area is 158 Å². The molecule has 146 valence electrons. The average Bonchev–Trinajstić information content (AvgIpc) is 2.61. The van der Waals surface area contributed by atoms with E-state index in [0.717, 1.165) is 38.9 Å². The molecule has 1 heterocycles. The number of sulfone groups is 1. The first-order valence-corrected chi connectivity index (χ1v) is 10.9. The number of carbonyl (C=O) groups excluding carboxylic acids is 1. The fourth-order valence-electron chi connectivity index (χ4n) is 3.61. The van der Waals surface area contributed by atoms with Crippen LogP contribution in [0.15, 0.2) is 35.2 Å². The molecular weight excluding hydrogens is 348 g/mol. The largest absolute Gasteiger partial charge is 0.349 e. The number of hydrogen-bond acceptors (Lipinski definition) is 4. The van der Waals surface area contributed by atoms with Crippen LogP contribution in [-0.2, 0) is 14.6 Å². The van der Waals surface area contributed by atoms with E-state index in [1.165, 1.54) is 0 Å². The molecule has 2 rings (SSSR count). The Morgan fingerprint density at radius 2 is 1.88 bits per heavy atom. The molecule has 1 atom stereocenters. The zero-order valence-corrected chi connectivity index (χ0v) is 17.3. The second-order valence-electron chi connectivity index (χ2n) is 8.05. The predicted octanol–water partition coefficient (Wildman–Crippen LogP) is 2.82. The summed E-state index contributed by atoms with van der Waals surface area (Å²) in [5.74, 6) is 0.265. The maximum Gasteiger partial charge on any atom is 0.226 e. The predicted molar refractivity (Wildman–Crippen MR) is 105 cm³/mol. The highest BCUT2D eigenvalue weighted by Gasteiger charge is 2.35. The lowest BCUT2D eigenvalue weighted by Gasteiger charge is -2.34. The molecule has 1 saturated heterocycles. The van der Waals surface area contributed by atoms with Gasteiger partial charge in [-0.05, 0) is 64.8 Å². The number of rotatable bonds is 7. The van der Waals surface area contributed by atoms with Gasteiger partial charge in [-0.25, -0.2) is 8.42 Å². The van der Waals surface area contributed by atoms with E-state index in [0.29, 0.717) is 11.3 Å². The highest BCUT2D eigenvalue weighted by molar-refractivity contribution is 7.92. The van der Waals surface area contributed by atoms with Crippen LogP contribution in [0.5, 0.6) is 0 Å². The Morgan fingerprint density at radius 1 is 1.23 bits per heavy atom. The van der Waals surface area contributed by atoms with E-state index in [9.17, 15) is 13.2 Å². The summed E-state index contributed by atoms with van der Waals surface area (Å²) >= 11 is 0. The van der Waals surface area contributed by atoms with Crippen molar-refractivity contribution < 1.29 is 13.2 Å². The third kappa shape index (κ3) is 4.86. The lowest BCUT2D eigenvalue weighted by Crippen LogP contribution is -2.43. The molecule has 6 heteroatoms. The van der Waals surface area contributed by atoms with Crippen LogP contribution in [0.25, 0.3) is 0 Å². The summed E-state index contributed by atoms with van der Waals surface area (Å²) in [6.07, 6.45) is 3.38. The second-order valence-corrected chi connectivity index (χ2v) is 10.6. The molecular formula is C20H32N2O3S. The molecule has 0 aromatic heterocycles. The van der Waals surface area contributed by atoms with E-state index in [-0.39, 0.29) is 11.8 Å². The number of nitrogens with zero attached hydrogens (tertiary/aromatic N) is 2. The molecule has 1 unspecified atom stereocenters. The Kier molecular flexibility index (Phi) is 6.86. The standard InChI is InChI=1S/C20H32N2O3S/c1-20(2,26(24,25)18-11-6-5-7-12-18)13-9-15-22-14-8-10-17(16-22)19(23)21(3)4/h5-7,11-12,17H,8-10,13-16H2,1-4H3. The van der Waals surface area contributed by atoms with Crippen LogP contribution in [0.3, 0.4) is 0 Å². The van der Waals surface area contributed by atoms with Crippen molar-refractivity contribution in [2.24, 2.45) is 5.92 Å². The van der Waals surface area contributed by atoms with Gasteiger partial charge in [-0.1, -0.05) is 18.2 Å². The molecule has 0 radical (unpaired) electrons. The maximum atomic E-state index is 12.9. The highest BCUT2D eigenvalue weighted by atomic mass is 32.2. The molecule has 1 fully saturated rings. The van der Waals surface area contributed by atoms with Crippen molar-refractivity contribution in [3.05, 3.63) is 30.3 Å². The van der Waals surface area contributed by atoms with E-state index in [1.54, 1.807) is 43.3 Å². The van der Waals surface area contributed by atoms with Crippen LogP contribution in [0.2, 0.25) is 0 Å². The van der Waals surface area contributed by atoms with Gasteiger partial charge < -0.3 is 9.80 Å². The first-order valence-electron chi connectivity index (χ1n) is 9.38. The SMILES string of the molecule is CN(C)C(=O)C1CCCN(CCCC(C)(C)S(=O)(=O)c2ccccc2)C1. The maximum absolute atomic E-state index is 12.9. The quantitative estimate of drug-likeness (QED) is 0.730. The first-order chi connectivity index (χ1) is 12.1. The van der Waals surface area contributed by atoms with E-state index < -0.39 is 14.6 Å². The van der Waals surface area contributed by atoms with Crippen LogP contribution in [0, 0.1) is 5.92 Å². The molecule has 1 aliphatic rings. The Bertz CT molecular complexity index is 699. The summed E-state index contributed by atoms with van der Waals surface area (Å²) in [6.45, 7) is 6.23. The Balaban J connectivity index is 1.91. The van der Waals surface area contributed by atoms with Crippen molar-refractivity contribution in [2.75, 3.05) is 33.7 Å². The number of benzene rings is 1. The lowest BCUT2D eigenvalue weighted by molar-refractivity contribution is -0.134. The fourth-order valence-corrected chi connectivity index (χ4v) is 5.17. The van der Waals surface area contributed by atoms with Gasteiger partial charge in [-0.3, -0.25) is 4.79 Å². The van der Waals surface area contributed by atoms with E-state index in [2.05, 4.69) is 4.90 Å². The van der Waals surface area contributed by atoms with Gasteiger partial charge in [0.25, 0.3) is 0 Å². The van der Waals surface area contributed by atoms with Crippen molar-refractivity contribution in [1.82, 2.24) is 9.80 Å². The van der Waals surface area contributed by atoms with Gasteiger partial charge >= 0.3 is 0 Å². The number of likely N-dealkylation sites (tertiary alicyclic amines) is 1. The molecule has 1 aliphatic heterocycles. The van der Waals surface area contributed by atoms with Crippen molar-refractivity contribution in [2.45, 2.75) is 49.2 Å². The monoisotopic (exact) mass is 380 g/mol. The van der Waals surface area contributed by atoms with Crippen molar-refractivity contribution >= 4 is 15.7 Å². The summed E-state index contributed by atoms with van der Waals surface area (Å²) in [7, 11) is 0.251. The van der Waals surface area contributed by atoms with Crippen LogP contribution >= 0.6 is 0 Å². The lowest BCUT2D eigenvalue weighted by atomic mass is 9.96. The molecule has 5 nitrogen and oxygen atoms in total. The molecule has 1 aromatic rings. The van der Waals surface area contributed by atoms with Crippen molar-refractivity contribution in [3.63, 3.8) is 0 Å². The zero-order chi connectivity index (χ0) is 19.4. The van der Waals surface area contributed by atoms with Crippen LogP contribution in [0.4, 0.5) is 0 Å². The molecule has 0 spiro atoms. The van der Waals surface area contributed by atoms with E-state index >= 15 is 0 Å². The zero-order valence-electron chi connectivity index (χ0n) is 16.4. The third-order valence-electron chi connectivity index (χ3n) is 5.33. The van der Waals surface area contributed by atoms with Gasteiger partial charge in [0.2, 0.25) is 5.91 Å². The van der Waals surface area contributed by atoms with E-state index in [4.69, 9.17) is 0 Å². The first kappa shape index (κ1) is 20.9. The van der Waals surface area contributed by atoms with Gasteiger partial charge in [0.15, 0.2) is 9.84 Å². The second kappa shape index (κ2) is 8.53. The van der Waals surface area contributed by atoms with Crippen molar-refractivity contribution in [3.8, 4) is 0 Å². The fraction of sp³-hybridized carbons (Fsp3) is 0.650. The average molecular weight is 381 g/mol. The van der Waals surface area contributed by atoms with Gasteiger partial charge in [0.05, 0.1) is 15.6 Å². The van der Waals surface area contributed by atoms with Gasteiger partial charge in [0.1, 0.15) is 0 Å². The molecule has 1 aromatic carbocycles. The molecule has 0 N–H and O–H groups in total. The number of piperidine rings is 1. The summed E-state index contributed by atoms with van der Waals surface area (Å²) in [4.78, 5) is 16.5. The number of amides is 1. The molecule has 0 bridgehead atoms. The molecule has 0 aliphatic carbocycles. The normalized spacial score (nSPS) is 19.3. The minimum absolute atomic E-state index is 0.0693. The van der Waals surface area contributed by atoms with E-state index in [1.807, 2.05) is 19.9 Å². The summed E-state index contributed by atoms with van der Waals surface area (Å²) < 4.78 is 25.0.